The third-order valence-corrected chi connectivity index (χ3v) is 5.33. The molecule has 0 bridgehead atoms. The number of halogens is 1. The third kappa shape index (κ3) is 3.13. The van der Waals surface area contributed by atoms with Crippen molar-refractivity contribution in [2.24, 2.45) is 5.92 Å². The number of hydrogen-bond donors (Lipinski definition) is 1. The summed E-state index contributed by atoms with van der Waals surface area (Å²) in [4.78, 5) is -0.222. The van der Waals surface area contributed by atoms with Crippen molar-refractivity contribution in [2.45, 2.75) is 17.7 Å². The molecule has 0 saturated carbocycles. The summed E-state index contributed by atoms with van der Waals surface area (Å²) in [5.41, 5.74) is 0. The van der Waals surface area contributed by atoms with Gasteiger partial charge in [-0.1, -0.05) is 12.1 Å². The monoisotopic (exact) mass is 286 g/mol. The summed E-state index contributed by atoms with van der Waals surface area (Å²) in [7, 11) is -1.86. The Kier molecular flexibility index (Phi) is 4.54. The second-order valence-corrected chi connectivity index (χ2v) is 6.77. The average Bonchev–Trinajstić information content (AvgIpc) is 2.40. The maximum absolute atomic E-state index is 13.7. The molecule has 1 aliphatic rings. The van der Waals surface area contributed by atoms with Crippen LogP contribution in [0.2, 0.25) is 0 Å². The molecule has 0 aliphatic carbocycles. The summed E-state index contributed by atoms with van der Waals surface area (Å²) in [6.45, 7) is 1.71. The summed E-state index contributed by atoms with van der Waals surface area (Å²) in [6, 6.07) is 5.55. The van der Waals surface area contributed by atoms with E-state index < -0.39 is 15.8 Å². The predicted molar refractivity (Wildman–Crippen MR) is 71.8 cm³/mol. The van der Waals surface area contributed by atoms with Gasteiger partial charge in [0.25, 0.3) is 0 Å². The van der Waals surface area contributed by atoms with Gasteiger partial charge < -0.3 is 5.32 Å². The highest BCUT2D eigenvalue weighted by Gasteiger charge is 2.31. The van der Waals surface area contributed by atoms with Gasteiger partial charge in [0.15, 0.2) is 0 Å². The average molecular weight is 286 g/mol. The van der Waals surface area contributed by atoms with Gasteiger partial charge in [0.2, 0.25) is 10.0 Å². The number of benzene rings is 1. The molecule has 1 heterocycles. The zero-order chi connectivity index (χ0) is 13.9. The van der Waals surface area contributed by atoms with Gasteiger partial charge >= 0.3 is 0 Å². The largest absolute Gasteiger partial charge is 0.319 e. The lowest BCUT2D eigenvalue weighted by Gasteiger charge is -2.31. The molecule has 0 spiro atoms. The molecule has 106 valence electrons. The maximum atomic E-state index is 13.7. The smallest absolute Gasteiger partial charge is 0.245 e. The molecule has 19 heavy (non-hydrogen) atoms. The van der Waals surface area contributed by atoms with Gasteiger partial charge in [-0.05, 0) is 44.5 Å². The molecule has 0 radical (unpaired) electrons. The Labute approximate surface area is 113 Å². The minimum atomic E-state index is -3.71. The van der Waals surface area contributed by atoms with Crippen LogP contribution in [-0.4, -0.2) is 39.4 Å². The molecule has 1 saturated heterocycles. The molecule has 6 heteroatoms. The van der Waals surface area contributed by atoms with Crippen LogP contribution < -0.4 is 5.32 Å². The van der Waals surface area contributed by atoms with Crippen molar-refractivity contribution in [3.63, 3.8) is 0 Å². The van der Waals surface area contributed by atoms with Gasteiger partial charge in [-0.2, -0.15) is 4.31 Å². The second-order valence-electron chi connectivity index (χ2n) is 4.86. The van der Waals surface area contributed by atoms with Gasteiger partial charge in [-0.15, -0.1) is 0 Å². The summed E-state index contributed by atoms with van der Waals surface area (Å²) < 4.78 is 39.9. The first-order valence-electron chi connectivity index (χ1n) is 6.45. The highest BCUT2D eigenvalue weighted by molar-refractivity contribution is 7.89. The lowest BCUT2D eigenvalue weighted by atomic mass is 10.00. The van der Waals surface area contributed by atoms with Crippen LogP contribution in [0.5, 0.6) is 0 Å². The van der Waals surface area contributed by atoms with Crippen LogP contribution in [0.3, 0.4) is 0 Å². The fourth-order valence-corrected chi connectivity index (χ4v) is 4.11. The molecule has 0 amide bonds. The molecule has 0 unspecified atom stereocenters. The van der Waals surface area contributed by atoms with E-state index >= 15 is 0 Å². The zero-order valence-electron chi connectivity index (χ0n) is 11.0. The first-order chi connectivity index (χ1) is 9.05. The standard InChI is InChI=1S/C13H19FN2O2S/c1-15-9-11-5-4-8-16(10-11)19(17,18)13-7-3-2-6-12(13)14/h2-3,6-7,11,15H,4-5,8-10H2,1H3/t11-/m1/s1. The van der Waals surface area contributed by atoms with E-state index in [1.165, 1.54) is 22.5 Å². The molecule has 0 aromatic heterocycles. The number of nitrogens with one attached hydrogen (secondary N) is 1. The van der Waals surface area contributed by atoms with Crippen LogP contribution in [0.1, 0.15) is 12.8 Å². The fourth-order valence-electron chi connectivity index (χ4n) is 2.49. The van der Waals surface area contributed by atoms with Crippen molar-refractivity contribution in [1.29, 1.82) is 0 Å². The summed E-state index contributed by atoms with van der Waals surface area (Å²) in [5.74, 6) is -0.390. The van der Waals surface area contributed by atoms with Crippen LogP contribution in [-0.2, 0) is 10.0 Å². The molecule has 1 N–H and O–H groups in total. The van der Waals surface area contributed by atoms with Crippen LogP contribution >= 0.6 is 0 Å². The van der Waals surface area contributed by atoms with Gasteiger partial charge in [0.1, 0.15) is 10.7 Å². The van der Waals surface area contributed by atoms with Crippen molar-refractivity contribution in [1.82, 2.24) is 9.62 Å². The number of rotatable bonds is 4. The van der Waals surface area contributed by atoms with E-state index in [-0.39, 0.29) is 4.90 Å². The molecule has 1 aromatic rings. The quantitative estimate of drug-likeness (QED) is 0.911. The van der Waals surface area contributed by atoms with E-state index in [1.807, 2.05) is 7.05 Å². The Morgan fingerprint density at radius 1 is 1.42 bits per heavy atom. The fraction of sp³-hybridized carbons (Fsp3) is 0.538. The first-order valence-corrected chi connectivity index (χ1v) is 7.89. The number of nitrogens with zero attached hydrogens (tertiary/aromatic N) is 1. The van der Waals surface area contributed by atoms with E-state index in [0.717, 1.165) is 19.4 Å². The number of piperidine rings is 1. The topological polar surface area (TPSA) is 49.4 Å². The van der Waals surface area contributed by atoms with Gasteiger partial charge in [0, 0.05) is 13.1 Å². The minimum Gasteiger partial charge on any atom is -0.319 e. The summed E-state index contributed by atoms with van der Waals surface area (Å²) >= 11 is 0. The molecule has 4 nitrogen and oxygen atoms in total. The van der Waals surface area contributed by atoms with E-state index in [2.05, 4.69) is 5.32 Å². The Morgan fingerprint density at radius 3 is 2.84 bits per heavy atom. The second kappa shape index (κ2) is 5.98. The van der Waals surface area contributed by atoms with Gasteiger partial charge in [0.05, 0.1) is 0 Å². The molecular formula is C13H19FN2O2S. The van der Waals surface area contributed by atoms with Crippen molar-refractivity contribution in [2.75, 3.05) is 26.7 Å². The van der Waals surface area contributed by atoms with Gasteiger partial charge in [-0.3, -0.25) is 0 Å². The Bertz CT molecular complexity index is 531. The first kappa shape index (κ1) is 14.4. The van der Waals surface area contributed by atoms with E-state index in [0.29, 0.717) is 19.0 Å². The summed E-state index contributed by atoms with van der Waals surface area (Å²) in [6.07, 6.45) is 1.82. The maximum Gasteiger partial charge on any atom is 0.245 e. The predicted octanol–water partition coefficient (Wildman–Crippen LogP) is 1.45. The van der Waals surface area contributed by atoms with Crippen LogP contribution in [0, 0.1) is 11.7 Å². The van der Waals surface area contributed by atoms with Crippen LogP contribution in [0.4, 0.5) is 4.39 Å². The molecule has 1 aliphatic heterocycles. The van der Waals surface area contributed by atoms with E-state index in [4.69, 9.17) is 0 Å². The SMILES string of the molecule is CNC[C@H]1CCCN(S(=O)(=O)c2ccccc2F)C1. The molecule has 1 atom stereocenters. The van der Waals surface area contributed by atoms with Crippen molar-refractivity contribution >= 4 is 10.0 Å². The molecule has 1 aromatic carbocycles. The van der Waals surface area contributed by atoms with Crippen LogP contribution in [0.25, 0.3) is 0 Å². The normalized spacial score (nSPS) is 21.5. The van der Waals surface area contributed by atoms with Crippen molar-refractivity contribution in [3.8, 4) is 0 Å². The Morgan fingerprint density at radius 2 is 2.16 bits per heavy atom. The third-order valence-electron chi connectivity index (χ3n) is 3.43. The number of sulfonamides is 1. The van der Waals surface area contributed by atoms with Crippen molar-refractivity contribution in [3.05, 3.63) is 30.1 Å². The van der Waals surface area contributed by atoms with E-state index in [9.17, 15) is 12.8 Å². The molecular weight excluding hydrogens is 267 g/mol. The van der Waals surface area contributed by atoms with Crippen molar-refractivity contribution < 1.29 is 12.8 Å². The minimum absolute atomic E-state index is 0.222. The number of hydrogen-bond acceptors (Lipinski definition) is 3. The van der Waals surface area contributed by atoms with Gasteiger partial charge in [-0.25, -0.2) is 12.8 Å². The summed E-state index contributed by atoms with van der Waals surface area (Å²) in [5, 5.41) is 3.07. The Balaban J connectivity index is 2.22. The highest BCUT2D eigenvalue weighted by Crippen LogP contribution is 2.24. The highest BCUT2D eigenvalue weighted by atomic mass is 32.2. The lowest BCUT2D eigenvalue weighted by molar-refractivity contribution is 0.263. The zero-order valence-corrected chi connectivity index (χ0v) is 11.8. The van der Waals surface area contributed by atoms with Crippen LogP contribution in [0.15, 0.2) is 29.2 Å². The van der Waals surface area contributed by atoms with E-state index in [1.54, 1.807) is 6.07 Å². The Hall–Kier alpha value is -0.980. The molecule has 2 rings (SSSR count). The lowest BCUT2D eigenvalue weighted by Crippen LogP contribution is -2.42. The molecule has 1 fully saturated rings.